The molecule has 1 amide bonds. The Bertz CT molecular complexity index is 699. The van der Waals surface area contributed by atoms with Gasteiger partial charge in [0.15, 0.2) is 0 Å². The Balaban J connectivity index is 2.18. The number of rotatable bonds is 5. The minimum absolute atomic E-state index is 0.278. The number of aromatic nitrogens is 2. The Morgan fingerprint density at radius 3 is 2.39 bits per heavy atom. The molecule has 23 heavy (non-hydrogen) atoms. The number of nitrogens with one attached hydrogen (secondary N) is 2. The lowest BCUT2D eigenvalue weighted by atomic mass is 10.2. The molecule has 2 rings (SSSR count). The molecule has 0 spiro atoms. The zero-order chi connectivity index (χ0) is 17.0. The second kappa shape index (κ2) is 7.62. The van der Waals surface area contributed by atoms with E-state index in [1.54, 1.807) is 24.3 Å². The average Bonchev–Trinajstić information content (AvgIpc) is 2.43. The number of nitrogens with zero attached hydrogens (tertiary/aromatic N) is 2. The minimum Gasteiger partial charge on any atom is -0.354 e. The third kappa shape index (κ3) is 5.37. The molecule has 0 aliphatic carbocycles. The largest absolute Gasteiger partial charge is 0.354 e. The summed E-state index contributed by atoms with van der Waals surface area (Å²) >= 11 is 11.9. The lowest BCUT2D eigenvalue weighted by Gasteiger charge is -2.10. The summed E-state index contributed by atoms with van der Waals surface area (Å²) < 4.78 is 0. The van der Waals surface area contributed by atoms with Crippen LogP contribution in [0, 0.1) is 12.8 Å². The summed E-state index contributed by atoms with van der Waals surface area (Å²) in [5, 5.41) is 6.75. The van der Waals surface area contributed by atoms with Gasteiger partial charge < -0.3 is 10.6 Å². The van der Waals surface area contributed by atoms with Gasteiger partial charge in [-0.25, -0.2) is 9.97 Å². The summed E-state index contributed by atoms with van der Waals surface area (Å²) in [6, 6.07) is 6.47. The molecule has 0 radical (unpaired) electrons. The van der Waals surface area contributed by atoms with Crippen molar-refractivity contribution in [2.75, 3.05) is 17.2 Å². The highest BCUT2D eigenvalue weighted by Crippen LogP contribution is 2.22. The molecule has 0 bridgehead atoms. The summed E-state index contributed by atoms with van der Waals surface area (Å²) in [6.45, 7) is 6.71. The highest BCUT2D eigenvalue weighted by molar-refractivity contribution is 6.35. The van der Waals surface area contributed by atoms with Gasteiger partial charge in [0.25, 0.3) is 5.91 Å². The molecule has 0 unspecified atom stereocenters. The SMILES string of the molecule is Cc1cc(C(=O)Nc2cc(Cl)cc(Cl)c2)nc(NCC(C)C)n1. The fourth-order valence-electron chi connectivity index (χ4n) is 1.88. The number of carbonyl (C=O) groups excluding carboxylic acids is 1. The second-order valence-corrected chi connectivity index (χ2v) is 6.48. The van der Waals surface area contributed by atoms with Crippen molar-refractivity contribution in [2.45, 2.75) is 20.8 Å². The molecule has 0 aliphatic rings. The maximum atomic E-state index is 12.4. The molecule has 7 heteroatoms. The molecule has 122 valence electrons. The van der Waals surface area contributed by atoms with E-state index in [0.717, 1.165) is 6.54 Å². The quantitative estimate of drug-likeness (QED) is 0.835. The Labute approximate surface area is 145 Å². The van der Waals surface area contributed by atoms with Crippen molar-refractivity contribution in [2.24, 2.45) is 5.92 Å². The molecular weight excluding hydrogens is 335 g/mol. The van der Waals surface area contributed by atoms with Gasteiger partial charge in [-0.3, -0.25) is 4.79 Å². The first-order chi connectivity index (χ1) is 10.8. The summed E-state index contributed by atoms with van der Waals surface area (Å²) in [6.07, 6.45) is 0. The highest BCUT2D eigenvalue weighted by Gasteiger charge is 2.12. The number of benzene rings is 1. The van der Waals surface area contributed by atoms with Gasteiger partial charge >= 0.3 is 0 Å². The lowest BCUT2D eigenvalue weighted by molar-refractivity contribution is 0.102. The number of halogens is 2. The van der Waals surface area contributed by atoms with E-state index in [0.29, 0.717) is 33.3 Å². The molecular formula is C16H18Cl2N4O. The minimum atomic E-state index is -0.346. The molecule has 5 nitrogen and oxygen atoms in total. The maximum absolute atomic E-state index is 12.4. The zero-order valence-corrected chi connectivity index (χ0v) is 14.7. The van der Waals surface area contributed by atoms with Crippen LogP contribution in [0.1, 0.15) is 30.0 Å². The summed E-state index contributed by atoms with van der Waals surface area (Å²) in [5.41, 5.74) is 1.50. The summed E-state index contributed by atoms with van der Waals surface area (Å²) in [7, 11) is 0. The maximum Gasteiger partial charge on any atom is 0.274 e. The van der Waals surface area contributed by atoms with Crippen molar-refractivity contribution in [3.63, 3.8) is 0 Å². The van der Waals surface area contributed by atoms with Crippen LogP contribution < -0.4 is 10.6 Å². The van der Waals surface area contributed by atoms with Crippen molar-refractivity contribution in [3.05, 3.63) is 45.7 Å². The molecule has 2 N–H and O–H groups in total. The molecule has 0 saturated carbocycles. The number of aryl methyl sites for hydroxylation is 1. The van der Waals surface area contributed by atoms with Crippen molar-refractivity contribution in [1.82, 2.24) is 9.97 Å². The molecule has 0 fully saturated rings. The fraction of sp³-hybridized carbons (Fsp3) is 0.312. The molecule has 1 heterocycles. The van der Waals surface area contributed by atoms with E-state index in [-0.39, 0.29) is 11.6 Å². The number of anilines is 2. The molecule has 2 aromatic rings. The van der Waals surface area contributed by atoms with E-state index in [1.807, 2.05) is 6.92 Å². The Morgan fingerprint density at radius 1 is 1.13 bits per heavy atom. The number of carbonyl (C=O) groups is 1. The van der Waals surface area contributed by atoms with Crippen LogP contribution in [0.4, 0.5) is 11.6 Å². The van der Waals surface area contributed by atoms with E-state index in [1.165, 1.54) is 0 Å². The smallest absolute Gasteiger partial charge is 0.274 e. The Morgan fingerprint density at radius 2 is 1.78 bits per heavy atom. The highest BCUT2D eigenvalue weighted by atomic mass is 35.5. The van der Waals surface area contributed by atoms with Gasteiger partial charge in [0.2, 0.25) is 5.95 Å². The number of hydrogen-bond acceptors (Lipinski definition) is 4. The summed E-state index contributed by atoms with van der Waals surface area (Å²) in [5.74, 6) is 0.541. The van der Waals surface area contributed by atoms with Crippen molar-refractivity contribution < 1.29 is 4.79 Å². The van der Waals surface area contributed by atoms with Crippen molar-refractivity contribution >= 4 is 40.7 Å². The number of hydrogen-bond donors (Lipinski definition) is 2. The van der Waals surface area contributed by atoms with E-state index in [2.05, 4.69) is 34.4 Å². The predicted molar refractivity (Wildman–Crippen MR) is 94.5 cm³/mol. The van der Waals surface area contributed by atoms with Gasteiger partial charge in [-0.15, -0.1) is 0 Å². The molecule has 0 saturated heterocycles. The van der Waals surface area contributed by atoms with E-state index < -0.39 is 0 Å². The van der Waals surface area contributed by atoms with Gasteiger partial charge in [-0.05, 0) is 37.1 Å². The third-order valence-corrected chi connectivity index (χ3v) is 3.31. The van der Waals surface area contributed by atoms with Crippen LogP contribution >= 0.6 is 23.2 Å². The van der Waals surface area contributed by atoms with E-state index in [4.69, 9.17) is 23.2 Å². The Hall–Kier alpha value is -1.85. The van der Waals surface area contributed by atoms with Gasteiger partial charge in [-0.1, -0.05) is 37.0 Å². The topological polar surface area (TPSA) is 66.9 Å². The molecule has 1 aromatic heterocycles. The van der Waals surface area contributed by atoms with Crippen LogP contribution in [0.3, 0.4) is 0 Å². The first-order valence-corrected chi connectivity index (χ1v) is 7.96. The van der Waals surface area contributed by atoms with Gasteiger partial charge in [-0.2, -0.15) is 0 Å². The second-order valence-electron chi connectivity index (χ2n) is 5.61. The standard InChI is InChI=1S/C16H18Cl2N4O/c1-9(2)8-19-16-20-10(3)4-14(22-16)15(23)21-13-6-11(17)5-12(18)7-13/h4-7,9H,8H2,1-3H3,(H,21,23)(H,19,20,22). The lowest BCUT2D eigenvalue weighted by Crippen LogP contribution is -2.17. The zero-order valence-electron chi connectivity index (χ0n) is 13.2. The van der Waals surface area contributed by atoms with Crippen molar-refractivity contribution in [3.8, 4) is 0 Å². The van der Waals surface area contributed by atoms with Crippen LogP contribution in [0.5, 0.6) is 0 Å². The normalized spacial score (nSPS) is 10.7. The average molecular weight is 353 g/mol. The van der Waals surface area contributed by atoms with Gasteiger partial charge in [0.1, 0.15) is 5.69 Å². The molecule has 1 aromatic carbocycles. The van der Waals surface area contributed by atoms with Crippen LogP contribution in [0.2, 0.25) is 10.0 Å². The predicted octanol–water partition coefficient (Wildman–Crippen LogP) is 4.41. The first kappa shape index (κ1) is 17.5. The first-order valence-electron chi connectivity index (χ1n) is 7.20. The monoisotopic (exact) mass is 352 g/mol. The Kier molecular flexibility index (Phi) is 5.80. The fourth-order valence-corrected chi connectivity index (χ4v) is 2.41. The van der Waals surface area contributed by atoms with Gasteiger partial charge in [0.05, 0.1) is 0 Å². The van der Waals surface area contributed by atoms with E-state index in [9.17, 15) is 4.79 Å². The van der Waals surface area contributed by atoms with Crippen LogP contribution in [0.25, 0.3) is 0 Å². The van der Waals surface area contributed by atoms with Crippen LogP contribution in [-0.2, 0) is 0 Å². The van der Waals surface area contributed by atoms with Crippen molar-refractivity contribution in [1.29, 1.82) is 0 Å². The summed E-state index contributed by atoms with van der Waals surface area (Å²) in [4.78, 5) is 20.9. The van der Waals surface area contributed by atoms with E-state index >= 15 is 0 Å². The molecule has 0 aliphatic heterocycles. The van der Waals surface area contributed by atoms with Gasteiger partial charge in [0, 0.05) is 28.0 Å². The van der Waals surface area contributed by atoms with Crippen LogP contribution in [-0.4, -0.2) is 22.4 Å². The third-order valence-electron chi connectivity index (χ3n) is 2.88. The van der Waals surface area contributed by atoms with Crippen LogP contribution in [0.15, 0.2) is 24.3 Å². The number of amides is 1. The molecule has 0 atom stereocenters.